The molecule has 7 heteroatoms. The monoisotopic (exact) mass is 313 g/mol. The van der Waals surface area contributed by atoms with E-state index in [9.17, 15) is 18.0 Å². The number of furan rings is 1. The van der Waals surface area contributed by atoms with Crippen LogP contribution in [-0.4, -0.2) is 18.8 Å². The highest BCUT2D eigenvalue weighted by Gasteiger charge is 2.30. The van der Waals surface area contributed by atoms with Crippen molar-refractivity contribution >= 4 is 5.91 Å². The van der Waals surface area contributed by atoms with Crippen molar-refractivity contribution in [1.82, 2.24) is 5.32 Å². The van der Waals surface area contributed by atoms with Crippen LogP contribution in [0.15, 0.2) is 41.0 Å². The number of hydrogen-bond acceptors (Lipinski definition) is 3. The Hall–Kier alpha value is -2.44. The molecule has 1 aromatic heterocycles. The van der Waals surface area contributed by atoms with Crippen LogP contribution in [0.1, 0.15) is 21.7 Å². The second-order valence-corrected chi connectivity index (χ2v) is 4.63. The molecule has 0 spiro atoms. The van der Waals surface area contributed by atoms with Gasteiger partial charge in [-0.25, -0.2) is 0 Å². The van der Waals surface area contributed by atoms with E-state index in [1.54, 1.807) is 13.0 Å². The van der Waals surface area contributed by atoms with E-state index in [1.807, 2.05) is 0 Å². The number of alkyl halides is 3. The van der Waals surface area contributed by atoms with Gasteiger partial charge in [0.2, 0.25) is 0 Å². The van der Waals surface area contributed by atoms with Gasteiger partial charge >= 0.3 is 6.36 Å². The molecule has 0 fully saturated rings. The normalized spacial score (nSPS) is 11.3. The second kappa shape index (κ2) is 6.55. The minimum atomic E-state index is -4.70. The summed E-state index contributed by atoms with van der Waals surface area (Å²) in [5, 5.41) is 2.68. The van der Waals surface area contributed by atoms with Gasteiger partial charge in [0.05, 0.1) is 6.26 Å². The third-order valence-corrected chi connectivity index (χ3v) is 2.92. The van der Waals surface area contributed by atoms with Gasteiger partial charge in [-0.1, -0.05) is 12.1 Å². The maximum atomic E-state index is 12.0. The van der Waals surface area contributed by atoms with E-state index in [-0.39, 0.29) is 17.4 Å². The molecule has 0 atom stereocenters. The van der Waals surface area contributed by atoms with E-state index in [4.69, 9.17) is 4.42 Å². The van der Waals surface area contributed by atoms with Crippen LogP contribution in [0, 0.1) is 6.92 Å². The van der Waals surface area contributed by atoms with Gasteiger partial charge in [-0.3, -0.25) is 4.79 Å². The van der Waals surface area contributed by atoms with E-state index in [0.29, 0.717) is 13.0 Å². The summed E-state index contributed by atoms with van der Waals surface area (Å²) < 4.78 is 44.9. The molecule has 1 N–H and O–H groups in total. The van der Waals surface area contributed by atoms with Crippen molar-refractivity contribution in [3.8, 4) is 5.75 Å². The predicted molar refractivity (Wildman–Crippen MR) is 72.6 cm³/mol. The summed E-state index contributed by atoms with van der Waals surface area (Å²) in [7, 11) is 0. The molecular formula is C15H14F3NO3. The molecule has 1 aromatic carbocycles. The number of ether oxygens (including phenoxy) is 1. The molecule has 0 aliphatic carbocycles. The van der Waals surface area contributed by atoms with Crippen LogP contribution < -0.4 is 10.1 Å². The van der Waals surface area contributed by atoms with Crippen LogP contribution in [0.25, 0.3) is 0 Å². The van der Waals surface area contributed by atoms with Crippen molar-refractivity contribution in [3.05, 3.63) is 53.5 Å². The van der Waals surface area contributed by atoms with Crippen LogP contribution in [0.4, 0.5) is 13.2 Å². The van der Waals surface area contributed by atoms with Crippen LogP contribution >= 0.6 is 0 Å². The molecule has 0 aliphatic rings. The Morgan fingerprint density at radius 2 is 1.91 bits per heavy atom. The average molecular weight is 313 g/mol. The fourth-order valence-electron chi connectivity index (χ4n) is 1.86. The minimum absolute atomic E-state index is 0.258. The Morgan fingerprint density at radius 1 is 1.23 bits per heavy atom. The number of carbonyl (C=O) groups is 1. The van der Waals surface area contributed by atoms with E-state index >= 15 is 0 Å². The molecule has 2 aromatic rings. The van der Waals surface area contributed by atoms with Gasteiger partial charge < -0.3 is 14.5 Å². The highest BCUT2D eigenvalue weighted by Crippen LogP contribution is 2.22. The SMILES string of the molecule is Cc1ccoc1C(=O)NCCc1ccc(OC(F)(F)F)cc1. The number of hydrogen-bond donors (Lipinski definition) is 1. The second-order valence-electron chi connectivity index (χ2n) is 4.63. The first-order valence-corrected chi connectivity index (χ1v) is 6.52. The van der Waals surface area contributed by atoms with Gasteiger partial charge in [-0.15, -0.1) is 13.2 Å². The van der Waals surface area contributed by atoms with E-state index in [1.165, 1.54) is 30.5 Å². The molecule has 0 unspecified atom stereocenters. The lowest BCUT2D eigenvalue weighted by molar-refractivity contribution is -0.274. The van der Waals surface area contributed by atoms with Crippen molar-refractivity contribution < 1.29 is 27.1 Å². The molecule has 4 nitrogen and oxygen atoms in total. The maximum absolute atomic E-state index is 12.0. The van der Waals surface area contributed by atoms with Gasteiger partial charge in [0.1, 0.15) is 5.75 Å². The van der Waals surface area contributed by atoms with Gasteiger partial charge in [0.15, 0.2) is 5.76 Å². The minimum Gasteiger partial charge on any atom is -0.459 e. The Labute approximate surface area is 124 Å². The number of nitrogens with one attached hydrogen (secondary N) is 1. The summed E-state index contributed by atoms with van der Waals surface area (Å²) in [6, 6.07) is 7.20. The van der Waals surface area contributed by atoms with E-state index in [2.05, 4.69) is 10.1 Å². The summed E-state index contributed by atoms with van der Waals surface area (Å²) in [6.07, 6.45) is -2.78. The van der Waals surface area contributed by atoms with Crippen LogP contribution in [0.3, 0.4) is 0 Å². The first-order chi connectivity index (χ1) is 10.3. The van der Waals surface area contributed by atoms with E-state index < -0.39 is 6.36 Å². The molecule has 0 aliphatic heterocycles. The molecule has 1 heterocycles. The molecule has 1 amide bonds. The van der Waals surface area contributed by atoms with Crippen molar-refractivity contribution in [1.29, 1.82) is 0 Å². The first-order valence-electron chi connectivity index (χ1n) is 6.52. The fraction of sp³-hybridized carbons (Fsp3) is 0.267. The molecule has 2 rings (SSSR count). The standard InChI is InChI=1S/C15H14F3NO3/c1-10-7-9-21-13(10)14(20)19-8-6-11-2-4-12(5-3-11)22-15(16,17)18/h2-5,7,9H,6,8H2,1H3,(H,19,20). The zero-order valence-corrected chi connectivity index (χ0v) is 11.7. The zero-order chi connectivity index (χ0) is 16.2. The molecule has 118 valence electrons. The molecule has 0 bridgehead atoms. The Morgan fingerprint density at radius 3 is 2.45 bits per heavy atom. The lowest BCUT2D eigenvalue weighted by atomic mass is 10.1. The molecule has 0 saturated heterocycles. The average Bonchev–Trinajstić information content (AvgIpc) is 2.85. The van der Waals surface area contributed by atoms with Crippen molar-refractivity contribution in [2.45, 2.75) is 19.7 Å². The highest BCUT2D eigenvalue weighted by atomic mass is 19.4. The number of aryl methyl sites for hydroxylation is 1. The molecule has 22 heavy (non-hydrogen) atoms. The van der Waals surface area contributed by atoms with Crippen LogP contribution in [0.5, 0.6) is 5.75 Å². The third kappa shape index (κ3) is 4.54. The van der Waals surface area contributed by atoms with E-state index in [0.717, 1.165) is 11.1 Å². The summed E-state index contributed by atoms with van der Waals surface area (Å²) in [5.41, 5.74) is 1.53. The summed E-state index contributed by atoms with van der Waals surface area (Å²) in [6.45, 7) is 2.11. The Kier molecular flexibility index (Phi) is 4.75. The Balaban J connectivity index is 1.82. The van der Waals surface area contributed by atoms with Crippen LogP contribution in [0.2, 0.25) is 0 Å². The number of benzene rings is 1. The summed E-state index contributed by atoms with van der Waals surface area (Å²) in [4.78, 5) is 11.8. The zero-order valence-electron chi connectivity index (χ0n) is 11.7. The maximum Gasteiger partial charge on any atom is 0.573 e. The van der Waals surface area contributed by atoms with Crippen molar-refractivity contribution in [2.24, 2.45) is 0 Å². The first kappa shape index (κ1) is 15.9. The quantitative estimate of drug-likeness (QED) is 0.919. The molecular weight excluding hydrogens is 299 g/mol. The summed E-state index contributed by atoms with van der Waals surface area (Å²) >= 11 is 0. The molecule has 0 saturated carbocycles. The van der Waals surface area contributed by atoms with Gasteiger partial charge in [-0.05, 0) is 37.1 Å². The fourth-order valence-corrected chi connectivity index (χ4v) is 1.86. The van der Waals surface area contributed by atoms with Gasteiger partial charge in [0, 0.05) is 12.1 Å². The lowest BCUT2D eigenvalue weighted by Crippen LogP contribution is -2.25. The number of rotatable bonds is 5. The highest BCUT2D eigenvalue weighted by molar-refractivity contribution is 5.92. The predicted octanol–water partition coefficient (Wildman–Crippen LogP) is 3.46. The van der Waals surface area contributed by atoms with Gasteiger partial charge in [-0.2, -0.15) is 0 Å². The van der Waals surface area contributed by atoms with Crippen LogP contribution in [-0.2, 0) is 6.42 Å². The lowest BCUT2D eigenvalue weighted by Gasteiger charge is -2.09. The smallest absolute Gasteiger partial charge is 0.459 e. The largest absolute Gasteiger partial charge is 0.573 e. The van der Waals surface area contributed by atoms with Crippen molar-refractivity contribution in [3.63, 3.8) is 0 Å². The summed E-state index contributed by atoms with van der Waals surface area (Å²) in [5.74, 6) is -0.333. The number of amides is 1. The van der Waals surface area contributed by atoms with Gasteiger partial charge in [0.25, 0.3) is 5.91 Å². The topological polar surface area (TPSA) is 51.5 Å². The molecule has 0 radical (unpaired) electrons. The Bertz CT molecular complexity index is 632. The van der Waals surface area contributed by atoms with Crippen molar-refractivity contribution in [2.75, 3.05) is 6.54 Å². The third-order valence-electron chi connectivity index (χ3n) is 2.92. The number of carbonyl (C=O) groups excluding carboxylic acids is 1. The number of halogens is 3.